The average molecular weight is 410 g/mol. The van der Waals surface area contributed by atoms with Crippen molar-refractivity contribution in [2.75, 3.05) is 5.84 Å². The number of nitrogens with zero attached hydrogens (tertiary/aromatic N) is 7. The van der Waals surface area contributed by atoms with E-state index in [0.717, 1.165) is 28.6 Å². The number of nitrogens with two attached hydrogens (primary N) is 1. The highest BCUT2D eigenvalue weighted by molar-refractivity contribution is 7.98. The highest BCUT2D eigenvalue weighted by Gasteiger charge is 2.38. The lowest BCUT2D eigenvalue weighted by atomic mass is 10.2. The number of hydrogen-bond donors (Lipinski definition) is 1. The van der Waals surface area contributed by atoms with Crippen molar-refractivity contribution in [2.45, 2.75) is 23.3 Å². The molecule has 3 rings (SSSR count). The predicted octanol–water partition coefficient (Wildman–Crippen LogP) is 2.30. The molecule has 0 amide bonds. The van der Waals surface area contributed by atoms with E-state index in [4.69, 9.17) is 5.84 Å². The molecule has 0 saturated carbocycles. The van der Waals surface area contributed by atoms with Gasteiger partial charge >= 0.3 is 12.4 Å². The first-order chi connectivity index (χ1) is 12.6. The molecule has 2 heterocycles. The summed E-state index contributed by atoms with van der Waals surface area (Å²) in [5.74, 6) is 4.06. The van der Waals surface area contributed by atoms with Crippen molar-refractivity contribution >= 4 is 11.8 Å². The lowest BCUT2D eigenvalue weighted by Gasteiger charge is -2.08. The minimum absolute atomic E-state index is 0.0544. The van der Waals surface area contributed by atoms with E-state index >= 15 is 0 Å². The predicted molar refractivity (Wildman–Crippen MR) is 78.9 cm³/mol. The molecule has 0 radical (unpaired) electrons. The Morgan fingerprint density at radius 2 is 1.59 bits per heavy atom. The lowest BCUT2D eigenvalue weighted by Crippen LogP contribution is -2.21. The second-order valence-electron chi connectivity index (χ2n) is 5.01. The second kappa shape index (κ2) is 6.71. The van der Waals surface area contributed by atoms with Crippen LogP contribution in [0, 0.1) is 0 Å². The minimum Gasteiger partial charge on any atom is -0.335 e. The first-order valence-electron chi connectivity index (χ1n) is 6.93. The van der Waals surface area contributed by atoms with Gasteiger partial charge in [-0.05, 0) is 34.7 Å². The number of benzene rings is 1. The Morgan fingerprint density at radius 1 is 0.926 bits per heavy atom. The fraction of sp³-hybridized carbons (Fsp3) is 0.250. The molecule has 0 aliphatic heterocycles. The van der Waals surface area contributed by atoms with Crippen LogP contribution in [0.15, 0.2) is 29.4 Å². The van der Waals surface area contributed by atoms with E-state index in [1.54, 1.807) is 0 Å². The Morgan fingerprint density at radius 3 is 2.15 bits per heavy atom. The van der Waals surface area contributed by atoms with Crippen LogP contribution in [0.1, 0.15) is 17.2 Å². The van der Waals surface area contributed by atoms with Gasteiger partial charge in [-0.1, -0.05) is 11.8 Å². The minimum atomic E-state index is -4.76. The zero-order valence-corrected chi connectivity index (χ0v) is 13.7. The molecule has 0 fully saturated rings. The van der Waals surface area contributed by atoms with Gasteiger partial charge in [-0.15, -0.1) is 15.3 Å². The Kier molecular flexibility index (Phi) is 4.71. The smallest absolute Gasteiger partial charge is 0.335 e. The third-order valence-electron chi connectivity index (χ3n) is 3.22. The molecule has 0 atom stereocenters. The highest BCUT2D eigenvalue weighted by Crippen LogP contribution is 2.31. The van der Waals surface area contributed by atoms with Crippen molar-refractivity contribution in [3.63, 3.8) is 0 Å². The van der Waals surface area contributed by atoms with Gasteiger partial charge in [0.2, 0.25) is 5.16 Å². The third kappa shape index (κ3) is 3.96. The van der Waals surface area contributed by atoms with E-state index in [1.807, 2.05) is 0 Å². The van der Waals surface area contributed by atoms with Crippen LogP contribution in [0.25, 0.3) is 5.69 Å². The van der Waals surface area contributed by atoms with E-state index < -0.39 is 23.7 Å². The average Bonchev–Trinajstić information content (AvgIpc) is 3.18. The van der Waals surface area contributed by atoms with E-state index in [9.17, 15) is 26.3 Å². The van der Waals surface area contributed by atoms with Crippen molar-refractivity contribution in [1.29, 1.82) is 0 Å². The summed E-state index contributed by atoms with van der Waals surface area (Å²) in [6, 6.07) is 4.06. The van der Waals surface area contributed by atoms with E-state index in [1.165, 1.54) is 12.1 Å². The summed E-state index contributed by atoms with van der Waals surface area (Å²) in [6.45, 7) is 0. The first kappa shape index (κ1) is 18.9. The number of hydrogen-bond acceptors (Lipinski definition) is 7. The van der Waals surface area contributed by atoms with Crippen LogP contribution in [0.4, 0.5) is 26.3 Å². The van der Waals surface area contributed by atoms with Gasteiger partial charge in [-0.3, -0.25) is 0 Å². The normalized spacial score (nSPS) is 12.5. The summed E-state index contributed by atoms with van der Waals surface area (Å²) in [4.78, 5) is 0. The molecule has 0 spiro atoms. The van der Waals surface area contributed by atoms with Crippen LogP contribution in [0.5, 0.6) is 0 Å². The fourth-order valence-electron chi connectivity index (χ4n) is 1.99. The van der Waals surface area contributed by atoms with Gasteiger partial charge in [0.25, 0.3) is 5.82 Å². The quantitative estimate of drug-likeness (QED) is 0.400. The summed E-state index contributed by atoms with van der Waals surface area (Å²) in [6.07, 6.45) is -9.25. The maximum absolute atomic E-state index is 12.6. The van der Waals surface area contributed by atoms with Crippen LogP contribution in [0.2, 0.25) is 0 Å². The summed E-state index contributed by atoms with van der Waals surface area (Å²) in [7, 11) is 0. The number of thioether (sulfide) groups is 1. The van der Waals surface area contributed by atoms with Crippen molar-refractivity contribution in [3.05, 3.63) is 41.5 Å². The number of aromatic nitrogens is 7. The van der Waals surface area contributed by atoms with Crippen LogP contribution in [-0.4, -0.2) is 35.1 Å². The maximum Gasteiger partial charge on any atom is 0.453 e. The van der Waals surface area contributed by atoms with Crippen molar-refractivity contribution in [3.8, 4) is 5.69 Å². The van der Waals surface area contributed by atoms with Crippen molar-refractivity contribution < 1.29 is 26.3 Å². The van der Waals surface area contributed by atoms with Gasteiger partial charge in [-0.2, -0.15) is 31.0 Å². The second-order valence-corrected chi connectivity index (χ2v) is 5.96. The van der Waals surface area contributed by atoms with Gasteiger partial charge in [0.05, 0.1) is 17.0 Å². The molecule has 144 valence electrons. The molecule has 0 aliphatic carbocycles. The molecule has 2 aromatic heterocycles. The van der Waals surface area contributed by atoms with Crippen LogP contribution < -0.4 is 5.84 Å². The molecule has 15 heteroatoms. The van der Waals surface area contributed by atoms with Crippen molar-refractivity contribution in [2.24, 2.45) is 0 Å². The number of alkyl halides is 6. The lowest BCUT2D eigenvalue weighted by molar-refractivity contribution is -0.146. The monoisotopic (exact) mass is 410 g/mol. The zero-order valence-electron chi connectivity index (χ0n) is 12.9. The molecule has 0 saturated heterocycles. The fourth-order valence-corrected chi connectivity index (χ4v) is 2.75. The summed E-state index contributed by atoms with van der Waals surface area (Å²) in [5.41, 5.74) is -0.597. The Hall–Kier alpha value is -2.84. The number of halogens is 6. The summed E-state index contributed by atoms with van der Waals surface area (Å²) in [5, 5.41) is 16.9. The molecule has 2 N–H and O–H groups in total. The van der Waals surface area contributed by atoms with Crippen molar-refractivity contribution in [1.82, 2.24) is 35.1 Å². The molecule has 0 unspecified atom stereocenters. The number of nitrogen functional groups attached to an aromatic ring is 1. The Labute approximate surface area is 150 Å². The molecule has 8 nitrogen and oxygen atoms in total. The zero-order chi connectivity index (χ0) is 19.8. The standard InChI is InChI=1S/C12H8F6N8S/c13-11(14,15)6-1-3-7(4-2-6)26-8(20-23-24-26)5-27-10-22-21-9(25(10)19)12(16,17)18/h1-4H,5,19H2. The van der Waals surface area contributed by atoms with E-state index in [0.29, 0.717) is 0 Å². The van der Waals surface area contributed by atoms with Crippen LogP contribution >= 0.6 is 11.8 Å². The largest absolute Gasteiger partial charge is 0.453 e. The molecule has 1 aromatic carbocycles. The molecule has 0 bridgehead atoms. The Bertz CT molecular complexity index is 929. The Balaban J connectivity index is 1.78. The van der Waals surface area contributed by atoms with Gasteiger partial charge in [0, 0.05) is 0 Å². The first-order valence-corrected chi connectivity index (χ1v) is 7.91. The van der Waals surface area contributed by atoms with Gasteiger partial charge in [0.15, 0.2) is 5.82 Å². The number of tetrazole rings is 1. The molecular weight excluding hydrogens is 402 g/mol. The summed E-state index contributed by atoms with van der Waals surface area (Å²) < 4.78 is 77.2. The van der Waals surface area contributed by atoms with E-state index in [2.05, 4.69) is 25.7 Å². The molecular formula is C12H8F6N8S. The number of rotatable bonds is 4. The SMILES string of the molecule is Nn1c(SCc2nnnn2-c2ccc(C(F)(F)F)cc2)nnc1C(F)(F)F. The van der Waals surface area contributed by atoms with Gasteiger partial charge in [-0.25, -0.2) is 4.68 Å². The van der Waals surface area contributed by atoms with Crippen LogP contribution in [0.3, 0.4) is 0 Å². The van der Waals surface area contributed by atoms with Gasteiger partial charge in [0.1, 0.15) is 0 Å². The highest BCUT2D eigenvalue weighted by atomic mass is 32.2. The summed E-state index contributed by atoms with van der Waals surface area (Å²) >= 11 is 0.779. The molecule has 27 heavy (non-hydrogen) atoms. The third-order valence-corrected chi connectivity index (χ3v) is 4.16. The van der Waals surface area contributed by atoms with Crippen LogP contribution in [-0.2, 0) is 18.1 Å². The molecule has 0 aliphatic rings. The van der Waals surface area contributed by atoms with Gasteiger partial charge < -0.3 is 5.84 Å². The maximum atomic E-state index is 12.6. The molecule has 3 aromatic rings. The van der Waals surface area contributed by atoms with E-state index in [-0.39, 0.29) is 27.1 Å². The topological polar surface area (TPSA) is 100 Å².